The van der Waals surface area contributed by atoms with Gasteiger partial charge in [0.2, 0.25) is 0 Å². The number of rotatable bonds is 6. The summed E-state index contributed by atoms with van der Waals surface area (Å²) in [6, 6.07) is 12.7. The van der Waals surface area contributed by atoms with Crippen molar-refractivity contribution in [3.8, 4) is 5.75 Å². The van der Waals surface area contributed by atoms with Crippen molar-refractivity contribution in [2.24, 2.45) is 10.9 Å². The molecule has 3 rings (SSSR count). The number of nitrogens with one attached hydrogen (secondary N) is 1. The predicted molar refractivity (Wildman–Crippen MR) is 107 cm³/mol. The molecule has 5 nitrogen and oxygen atoms in total. The van der Waals surface area contributed by atoms with Gasteiger partial charge in [-0.1, -0.05) is 18.2 Å². The standard InChI is InChI=1S/C21H29N3O2/c1-4-22-21(24-10-9-17(14-24)15-25-2)23-13-16-5-6-19-12-20(26-3)8-7-18(19)11-16/h5-8,11-12,17H,4,9-10,13-15H2,1-3H3,(H,22,23). The molecule has 140 valence electrons. The highest BCUT2D eigenvalue weighted by Gasteiger charge is 2.24. The van der Waals surface area contributed by atoms with Gasteiger partial charge in [0.25, 0.3) is 0 Å². The van der Waals surface area contributed by atoms with Crippen LogP contribution in [0.1, 0.15) is 18.9 Å². The van der Waals surface area contributed by atoms with E-state index in [1.165, 1.54) is 16.3 Å². The first kappa shape index (κ1) is 18.5. The second kappa shape index (κ2) is 8.90. The Morgan fingerprint density at radius 3 is 2.77 bits per heavy atom. The molecule has 0 amide bonds. The van der Waals surface area contributed by atoms with Crippen LogP contribution in [0.5, 0.6) is 5.75 Å². The number of benzene rings is 2. The van der Waals surface area contributed by atoms with Crippen LogP contribution in [-0.2, 0) is 11.3 Å². The number of aliphatic imine (C=N–C) groups is 1. The van der Waals surface area contributed by atoms with E-state index in [1.54, 1.807) is 14.2 Å². The van der Waals surface area contributed by atoms with Gasteiger partial charge in [-0.05, 0) is 47.9 Å². The molecule has 26 heavy (non-hydrogen) atoms. The molecule has 1 unspecified atom stereocenters. The van der Waals surface area contributed by atoms with E-state index in [4.69, 9.17) is 14.5 Å². The Hall–Kier alpha value is -2.27. The molecule has 0 radical (unpaired) electrons. The van der Waals surface area contributed by atoms with Crippen LogP contribution < -0.4 is 10.1 Å². The summed E-state index contributed by atoms with van der Waals surface area (Å²) in [7, 11) is 3.47. The highest BCUT2D eigenvalue weighted by atomic mass is 16.5. The van der Waals surface area contributed by atoms with E-state index in [1.807, 2.05) is 6.07 Å². The van der Waals surface area contributed by atoms with Gasteiger partial charge in [-0.3, -0.25) is 0 Å². The molecule has 0 saturated carbocycles. The first-order valence-corrected chi connectivity index (χ1v) is 9.32. The van der Waals surface area contributed by atoms with Crippen LogP contribution in [0.4, 0.5) is 0 Å². The summed E-state index contributed by atoms with van der Waals surface area (Å²) in [5, 5.41) is 5.83. The van der Waals surface area contributed by atoms with Gasteiger partial charge in [0, 0.05) is 32.7 Å². The Balaban J connectivity index is 1.72. The third kappa shape index (κ3) is 4.47. The van der Waals surface area contributed by atoms with Crippen LogP contribution in [0.25, 0.3) is 10.8 Å². The van der Waals surface area contributed by atoms with E-state index in [0.29, 0.717) is 12.5 Å². The molecule has 0 aromatic heterocycles. The van der Waals surface area contributed by atoms with Crippen molar-refractivity contribution >= 4 is 16.7 Å². The lowest BCUT2D eigenvalue weighted by Gasteiger charge is -2.21. The topological polar surface area (TPSA) is 46.1 Å². The molecule has 0 spiro atoms. The fraction of sp³-hybridized carbons (Fsp3) is 0.476. The maximum absolute atomic E-state index is 5.30. The Morgan fingerprint density at radius 2 is 2.00 bits per heavy atom. The lowest BCUT2D eigenvalue weighted by atomic mass is 10.1. The zero-order valence-corrected chi connectivity index (χ0v) is 16.0. The van der Waals surface area contributed by atoms with Crippen LogP contribution in [0.3, 0.4) is 0 Å². The molecular weight excluding hydrogens is 326 g/mol. The van der Waals surface area contributed by atoms with Gasteiger partial charge in [-0.2, -0.15) is 0 Å². The molecule has 1 heterocycles. The lowest BCUT2D eigenvalue weighted by molar-refractivity contribution is 0.157. The minimum absolute atomic E-state index is 0.597. The van der Waals surface area contributed by atoms with Crippen molar-refractivity contribution in [3.05, 3.63) is 42.0 Å². The van der Waals surface area contributed by atoms with Gasteiger partial charge in [-0.25, -0.2) is 4.99 Å². The molecule has 1 fully saturated rings. The molecule has 1 aliphatic heterocycles. The van der Waals surface area contributed by atoms with Gasteiger partial charge in [0.1, 0.15) is 5.75 Å². The Kier molecular flexibility index (Phi) is 6.34. The summed E-state index contributed by atoms with van der Waals surface area (Å²) in [6.07, 6.45) is 1.16. The normalized spacial score (nSPS) is 17.7. The van der Waals surface area contributed by atoms with Crippen molar-refractivity contribution in [1.82, 2.24) is 10.2 Å². The van der Waals surface area contributed by atoms with Gasteiger partial charge >= 0.3 is 0 Å². The number of fused-ring (bicyclic) bond motifs is 1. The fourth-order valence-electron chi connectivity index (χ4n) is 3.49. The van der Waals surface area contributed by atoms with E-state index in [9.17, 15) is 0 Å². The average Bonchev–Trinajstić information content (AvgIpc) is 3.13. The smallest absolute Gasteiger partial charge is 0.194 e. The highest BCUT2D eigenvalue weighted by Crippen LogP contribution is 2.22. The summed E-state index contributed by atoms with van der Waals surface area (Å²) in [5.41, 5.74) is 1.21. The number of ether oxygens (including phenoxy) is 2. The third-order valence-electron chi connectivity index (χ3n) is 4.85. The lowest BCUT2D eigenvalue weighted by Crippen LogP contribution is -2.40. The number of nitrogens with zero attached hydrogens (tertiary/aromatic N) is 2. The minimum Gasteiger partial charge on any atom is -0.497 e. The van der Waals surface area contributed by atoms with Gasteiger partial charge in [-0.15, -0.1) is 0 Å². The number of likely N-dealkylation sites (tertiary alicyclic amines) is 1. The number of methoxy groups -OCH3 is 2. The zero-order chi connectivity index (χ0) is 18.4. The second-order valence-electron chi connectivity index (χ2n) is 6.77. The SMILES string of the molecule is CCNC(=NCc1ccc2cc(OC)ccc2c1)N1CCC(COC)C1. The summed E-state index contributed by atoms with van der Waals surface area (Å²) in [4.78, 5) is 7.21. The third-order valence-corrected chi connectivity index (χ3v) is 4.85. The minimum atomic E-state index is 0.597. The van der Waals surface area contributed by atoms with Crippen LogP contribution in [0.2, 0.25) is 0 Å². The molecule has 1 N–H and O–H groups in total. The van der Waals surface area contributed by atoms with Crippen LogP contribution in [0.15, 0.2) is 41.4 Å². The summed E-state index contributed by atoms with van der Waals surface area (Å²) < 4.78 is 10.6. The first-order chi connectivity index (χ1) is 12.7. The van der Waals surface area contributed by atoms with E-state index >= 15 is 0 Å². The molecule has 2 aromatic carbocycles. The molecule has 1 saturated heterocycles. The van der Waals surface area contributed by atoms with Crippen molar-refractivity contribution in [2.75, 3.05) is 40.5 Å². The van der Waals surface area contributed by atoms with Gasteiger partial charge < -0.3 is 19.7 Å². The number of hydrogen-bond donors (Lipinski definition) is 1. The van der Waals surface area contributed by atoms with Crippen molar-refractivity contribution in [2.45, 2.75) is 19.9 Å². The zero-order valence-electron chi connectivity index (χ0n) is 16.0. The number of hydrogen-bond acceptors (Lipinski definition) is 3. The maximum Gasteiger partial charge on any atom is 0.194 e. The Morgan fingerprint density at radius 1 is 1.19 bits per heavy atom. The monoisotopic (exact) mass is 355 g/mol. The molecule has 5 heteroatoms. The molecule has 2 aromatic rings. The highest BCUT2D eigenvalue weighted by molar-refractivity contribution is 5.85. The van der Waals surface area contributed by atoms with Crippen molar-refractivity contribution in [3.63, 3.8) is 0 Å². The molecule has 1 atom stereocenters. The number of guanidine groups is 1. The molecule has 1 aliphatic rings. The van der Waals surface area contributed by atoms with Crippen molar-refractivity contribution in [1.29, 1.82) is 0 Å². The molecular formula is C21H29N3O2. The Bertz CT molecular complexity index is 760. The maximum atomic E-state index is 5.30. The first-order valence-electron chi connectivity index (χ1n) is 9.32. The molecule has 0 aliphatic carbocycles. The van der Waals surface area contributed by atoms with E-state index in [-0.39, 0.29) is 0 Å². The van der Waals surface area contributed by atoms with Crippen LogP contribution in [-0.4, -0.2) is 51.3 Å². The van der Waals surface area contributed by atoms with Gasteiger partial charge in [0.15, 0.2) is 5.96 Å². The van der Waals surface area contributed by atoms with Crippen molar-refractivity contribution < 1.29 is 9.47 Å². The second-order valence-corrected chi connectivity index (χ2v) is 6.77. The summed E-state index contributed by atoms with van der Waals surface area (Å²) >= 11 is 0. The van der Waals surface area contributed by atoms with Crippen LogP contribution in [0, 0.1) is 5.92 Å². The summed E-state index contributed by atoms with van der Waals surface area (Å²) in [5.74, 6) is 2.48. The average molecular weight is 355 g/mol. The van der Waals surface area contributed by atoms with E-state index < -0.39 is 0 Å². The summed E-state index contributed by atoms with van der Waals surface area (Å²) in [6.45, 7) is 6.54. The largest absolute Gasteiger partial charge is 0.497 e. The van der Waals surface area contributed by atoms with Gasteiger partial charge in [0.05, 0.1) is 20.3 Å². The Labute approximate surface area is 156 Å². The quantitative estimate of drug-likeness (QED) is 0.638. The molecule has 0 bridgehead atoms. The van der Waals surface area contributed by atoms with E-state index in [2.05, 4.69) is 47.5 Å². The van der Waals surface area contributed by atoms with E-state index in [0.717, 1.165) is 44.4 Å². The predicted octanol–water partition coefficient (Wildman–Crippen LogP) is 3.28. The van der Waals surface area contributed by atoms with Crippen LogP contribution >= 0.6 is 0 Å². The fourth-order valence-corrected chi connectivity index (χ4v) is 3.49.